The van der Waals surface area contributed by atoms with E-state index in [4.69, 9.17) is 0 Å². The predicted octanol–water partition coefficient (Wildman–Crippen LogP) is 2.69. The van der Waals surface area contributed by atoms with Crippen LogP contribution in [0.1, 0.15) is 38.1 Å². The van der Waals surface area contributed by atoms with Crippen LogP contribution < -0.4 is 10.9 Å². The number of carbonyl (C=O) groups is 2. The Labute approximate surface area is 125 Å². The minimum Gasteiger partial charge on any atom is -0.273 e. The molecule has 1 aliphatic rings. The van der Waals surface area contributed by atoms with E-state index in [0.717, 1.165) is 0 Å². The van der Waals surface area contributed by atoms with E-state index >= 15 is 0 Å². The molecule has 0 saturated heterocycles. The lowest BCUT2D eigenvalue weighted by atomic mass is 10.1. The summed E-state index contributed by atoms with van der Waals surface area (Å²) in [6.07, 6.45) is 2.13. The van der Waals surface area contributed by atoms with E-state index in [2.05, 4.69) is 30.8 Å². The van der Waals surface area contributed by atoms with Gasteiger partial charge in [-0.1, -0.05) is 43.7 Å². The van der Waals surface area contributed by atoms with Gasteiger partial charge in [-0.25, -0.2) is 0 Å². The summed E-state index contributed by atoms with van der Waals surface area (Å²) in [5.74, 6) is -0.299. The van der Waals surface area contributed by atoms with Gasteiger partial charge in [0, 0.05) is 5.56 Å². The van der Waals surface area contributed by atoms with E-state index in [1.807, 2.05) is 19.9 Å². The molecule has 2 atom stereocenters. The van der Waals surface area contributed by atoms with Gasteiger partial charge in [-0.15, -0.1) is 0 Å². The Kier molecular flexibility index (Phi) is 4.16. The van der Waals surface area contributed by atoms with Gasteiger partial charge in [0.05, 0.1) is 5.92 Å². The van der Waals surface area contributed by atoms with Gasteiger partial charge in [0.1, 0.15) is 0 Å². The van der Waals surface area contributed by atoms with E-state index in [1.165, 1.54) is 5.57 Å². The highest BCUT2D eigenvalue weighted by Gasteiger charge is 2.60. The normalized spacial score (nSPS) is 22.1. The Morgan fingerprint density at radius 3 is 2.29 bits per heavy atom. The average Bonchev–Trinajstić information content (AvgIpc) is 2.97. The first kappa shape index (κ1) is 15.3. The number of hydrogen-bond acceptors (Lipinski definition) is 2. The summed E-state index contributed by atoms with van der Waals surface area (Å²) in [4.78, 5) is 24.1. The first-order chi connectivity index (χ1) is 9.84. The number of hydrazine groups is 1. The van der Waals surface area contributed by atoms with Crippen molar-refractivity contribution < 1.29 is 9.59 Å². The van der Waals surface area contributed by atoms with Crippen LogP contribution in [0.25, 0.3) is 0 Å². The van der Waals surface area contributed by atoms with E-state index < -0.39 is 0 Å². The van der Waals surface area contributed by atoms with Crippen molar-refractivity contribution in [3.05, 3.63) is 47.5 Å². The Balaban J connectivity index is 1.92. The van der Waals surface area contributed by atoms with Gasteiger partial charge in [-0.2, -0.15) is 0 Å². The number of amides is 2. The number of nitrogens with one attached hydrogen (secondary N) is 2. The zero-order valence-corrected chi connectivity index (χ0v) is 12.9. The largest absolute Gasteiger partial charge is 0.273 e. The highest BCUT2D eigenvalue weighted by atomic mass is 16.2. The fourth-order valence-electron chi connectivity index (χ4n) is 2.71. The van der Waals surface area contributed by atoms with Crippen LogP contribution in [0.15, 0.2) is 42.0 Å². The third-order valence-electron chi connectivity index (χ3n) is 4.04. The van der Waals surface area contributed by atoms with Crippen LogP contribution in [0.2, 0.25) is 0 Å². The average molecular weight is 286 g/mol. The lowest BCUT2D eigenvalue weighted by Gasteiger charge is -2.08. The van der Waals surface area contributed by atoms with E-state index in [0.29, 0.717) is 5.56 Å². The zero-order chi connectivity index (χ0) is 15.6. The molecule has 1 aromatic carbocycles. The molecule has 2 N–H and O–H groups in total. The molecule has 4 nitrogen and oxygen atoms in total. The lowest BCUT2D eigenvalue weighted by Crippen LogP contribution is -2.43. The van der Waals surface area contributed by atoms with E-state index in [1.54, 1.807) is 24.3 Å². The maximum absolute atomic E-state index is 12.2. The molecular formula is C17H22N2O2. The van der Waals surface area contributed by atoms with Crippen molar-refractivity contribution in [2.45, 2.75) is 27.7 Å². The molecule has 21 heavy (non-hydrogen) atoms. The van der Waals surface area contributed by atoms with Crippen LogP contribution in [0.4, 0.5) is 0 Å². The minimum atomic E-state index is -0.304. The minimum absolute atomic E-state index is 0.0567. The van der Waals surface area contributed by atoms with Crippen molar-refractivity contribution in [3.63, 3.8) is 0 Å². The number of carbonyl (C=O) groups excluding carboxylic acids is 2. The van der Waals surface area contributed by atoms with Crippen LogP contribution in [0.5, 0.6) is 0 Å². The van der Waals surface area contributed by atoms with Crippen molar-refractivity contribution >= 4 is 11.8 Å². The number of benzene rings is 1. The smallest absolute Gasteiger partial charge is 0.269 e. The van der Waals surface area contributed by atoms with E-state index in [-0.39, 0.29) is 29.1 Å². The van der Waals surface area contributed by atoms with Crippen LogP contribution in [-0.2, 0) is 4.79 Å². The van der Waals surface area contributed by atoms with Gasteiger partial charge in [-0.05, 0) is 37.3 Å². The SMILES string of the molecule is CC(C)=CC1C(C(=O)NNC(=O)c2ccccc2)C1(C)C. The molecule has 0 aromatic heterocycles. The Morgan fingerprint density at radius 1 is 1.10 bits per heavy atom. The van der Waals surface area contributed by atoms with Gasteiger partial charge < -0.3 is 0 Å². The van der Waals surface area contributed by atoms with Crippen molar-refractivity contribution in [1.29, 1.82) is 0 Å². The standard InChI is InChI=1S/C17H22N2O2/c1-11(2)10-13-14(17(13,3)4)16(21)19-18-15(20)12-8-6-5-7-9-12/h5-10,13-14H,1-4H3,(H,18,20)(H,19,21). The lowest BCUT2D eigenvalue weighted by molar-refractivity contribution is -0.123. The number of hydrogen-bond donors (Lipinski definition) is 2. The van der Waals surface area contributed by atoms with Gasteiger partial charge in [0.2, 0.25) is 5.91 Å². The first-order valence-corrected chi connectivity index (χ1v) is 7.14. The molecule has 0 heterocycles. The summed E-state index contributed by atoms with van der Waals surface area (Å²) in [6, 6.07) is 8.81. The molecule has 1 aliphatic carbocycles. The summed E-state index contributed by atoms with van der Waals surface area (Å²) >= 11 is 0. The fraction of sp³-hybridized carbons (Fsp3) is 0.412. The monoisotopic (exact) mass is 286 g/mol. The molecule has 112 valence electrons. The van der Waals surface area contributed by atoms with Crippen LogP contribution in [-0.4, -0.2) is 11.8 Å². The molecule has 4 heteroatoms. The second-order valence-corrected chi connectivity index (χ2v) is 6.38. The third-order valence-corrected chi connectivity index (χ3v) is 4.04. The predicted molar refractivity (Wildman–Crippen MR) is 82.2 cm³/mol. The van der Waals surface area contributed by atoms with Crippen LogP contribution >= 0.6 is 0 Å². The van der Waals surface area contributed by atoms with E-state index in [9.17, 15) is 9.59 Å². The van der Waals surface area contributed by atoms with Crippen molar-refractivity contribution in [2.24, 2.45) is 17.3 Å². The molecule has 2 unspecified atom stereocenters. The molecule has 2 rings (SSSR count). The number of rotatable bonds is 3. The maximum atomic E-state index is 12.2. The number of allylic oxidation sites excluding steroid dienone is 2. The second-order valence-electron chi connectivity index (χ2n) is 6.38. The van der Waals surface area contributed by atoms with Gasteiger partial charge in [0.15, 0.2) is 0 Å². The molecule has 1 saturated carbocycles. The Hall–Kier alpha value is -2.10. The Morgan fingerprint density at radius 2 is 1.71 bits per heavy atom. The van der Waals surface area contributed by atoms with Crippen molar-refractivity contribution in [1.82, 2.24) is 10.9 Å². The van der Waals surface area contributed by atoms with Crippen LogP contribution in [0.3, 0.4) is 0 Å². The topological polar surface area (TPSA) is 58.2 Å². The third kappa shape index (κ3) is 3.32. The van der Waals surface area contributed by atoms with Crippen LogP contribution in [0, 0.1) is 17.3 Å². The molecule has 0 radical (unpaired) electrons. The molecule has 0 spiro atoms. The maximum Gasteiger partial charge on any atom is 0.269 e. The highest BCUT2D eigenvalue weighted by Crippen LogP contribution is 2.59. The van der Waals surface area contributed by atoms with Gasteiger partial charge in [0.25, 0.3) is 5.91 Å². The van der Waals surface area contributed by atoms with Crippen molar-refractivity contribution in [2.75, 3.05) is 0 Å². The molecule has 1 fully saturated rings. The first-order valence-electron chi connectivity index (χ1n) is 7.14. The summed E-state index contributed by atoms with van der Waals surface area (Å²) < 4.78 is 0. The summed E-state index contributed by atoms with van der Waals surface area (Å²) in [5, 5.41) is 0. The van der Waals surface area contributed by atoms with Gasteiger partial charge >= 0.3 is 0 Å². The quantitative estimate of drug-likeness (QED) is 0.663. The highest BCUT2D eigenvalue weighted by molar-refractivity contribution is 5.96. The molecule has 1 aromatic rings. The summed E-state index contributed by atoms with van der Waals surface area (Å²) in [7, 11) is 0. The Bertz CT molecular complexity index is 572. The summed E-state index contributed by atoms with van der Waals surface area (Å²) in [6.45, 7) is 8.20. The molecule has 2 amide bonds. The molecule has 0 bridgehead atoms. The van der Waals surface area contributed by atoms with Gasteiger partial charge in [-0.3, -0.25) is 20.4 Å². The molecule has 0 aliphatic heterocycles. The second kappa shape index (κ2) is 5.72. The zero-order valence-electron chi connectivity index (χ0n) is 12.9. The van der Waals surface area contributed by atoms with Crippen molar-refractivity contribution in [3.8, 4) is 0 Å². The summed E-state index contributed by atoms with van der Waals surface area (Å²) in [5.41, 5.74) is 6.68. The molecular weight excluding hydrogens is 264 g/mol. The fourth-order valence-corrected chi connectivity index (χ4v) is 2.71.